The monoisotopic (exact) mass is 274 g/mol. The van der Waals surface area contributed by atoms with Crippen LogP contribution in [0.15, 0.2) is 41.4 Å². The Morgan fingerprint density at radius 2 is 1.86 bits per heavy atom. The number of sulfone groups is 1. The highest BCUT2D eigenvalue weighted by molar-refractivity contribution is 9.10. The van der Waals surface area contributed by atoms with Crippen LogP contribution in [-0.4, -0.2) is 14.2 Å². The molecule has 0 spiro atoms. The molecule has 0 aliphatic heterocycles. The Balaban J connectivity index is 2.79. The van der Waals surface area contributed by atoms with E-state index in [4.69, 9.17) is 0 Å². The second-order valence-electron chi connectivity index (χ2n) is 2.97. The predicted octanol–water partition coefficient (Wildman–Crippen LogP) is 2.55. The number of benzene rings is 1. The number of halogens is 1. The molecular formula is C10H11BrO2S. The van der Waals surface area contributed by atoms with E-state index in [0.29, 0.717) is 0 Å². The summed E-state index contributed by atoms with van der Waals surface area (Å²) >= 11 is 3.29. The molecule has 0 N–H and O–H groups in total. The van der Waals surface area contributed by atoms with Gasteiger partial charge in [-0.25, -0.2) is 8.42 Å². The van der Waals surface area contributed by atoms with Crippen molar-refractivity contribution in [2.75, 3.05) is 5.75 Å². The molecular weight excluding hydrogens is 264 g/mol. The summed E-state index contributed by atoms with van der Waals surface area (Å²) in [6, 6.07) is 7.26. The van der Waals surface area contributed by atoms with Crippen LogP contribution in [0.1, 0.15) is 5.56 Å². The zero-order valence-electron chi connectivity index (χ0n) is 7.61. The van der Waals surface area contributed by atoms with Gasteiger partial charge in [0.2, 0.25) is 0 Å². The van der Waals surface area contributed by atoms with Crippen LogP contribution in [0, 0.1) is 0 Å². The molecule has 0 aliphatic rings. The molecule has 1 aromatic rings. The van der Waals surface area contributed by atoms with E-state index in [1.54, 1.807) is 12.1 Å². The minimum Gasteiger partial charge on any atom is -0.228 e. The minimum atomic E-state index is -3.03. The van der Waals surface area contributed by atoms with Crippen LogP contribution in [0.2, 0.25) is 0 Å². The Morgan fingerprint density at radius 3 is 2.36 bits per heavy atom. The van der Waals surface area contributed by atoms with E-state index in [-0.39, 0.29) is 11.5 Å². The number of hydrogen-bond acceptors (Lipinski definition) is 2. The predicted molar refractivity (Wildman–Crippen MR) is 61.8 cm³/mol. The third-order valence-corrected chi connectivity index (χ3v) is 3.72. The van der Waals surface area contributed by atoms with Crippen LogP contribution < -0.4 is 0 Å². The zero-order chi connectivity index (χ0) is 10.6. The van der Waals surface area contributed by atoms with Crippen LogP contribution in [0.5, 0.6) is 0 Å². The summed E-state index contributed by atoms with van der Waals surface area (Å²) < 4.78 is 23.8. The van der Waals surface area contributed by atoms with Crippen LogP contribution >= 0.6 is 15.9 Å². The molecule has 76 valence electrons. The maximum absolute atomic E-state index is 11.4. The van der Waals surface area contributed by atoms with Crippen molar-refractivity contribution in [2.45, 2.75) is 5.75 Å². The zero-order valence-corrected chi connectivity index (χ0v) is 10.0. The molecule has 0 aliphatic carbocycles. The SMILES string of the molecule is C=CCS(=O)(=O)Cc1ccc(Br)cc1. The van der Waals surface area contributed by atoms with Crippen LogP contribution in [0.3, 0.4) is 0 Å². The molecule has 0 saturated carbocycles. The lowest BCUT2D eigenvalue weighted by Gasteiger charge is -2.01. The summed E-state index contributed by atoms with van der Waals surface area (Å²) in [5.41, 5.74) is 0.801. The largest absolute Gasteiger partial charge is 0.228 e. The van der Waals surface area contributed by atoms with Gasteiger partial charge in [0, 0.05) is 4.47 Å². The fourth-order valence-corrected chi connectivity index (χ4v) is 2.51. The maximum atomic E-state index is 11.4. The molecule has 4 heteroatoms. The molecule has 0 bridgehead atoms. The molecule has 0 radical (unpaired) electrons. The van der Waals surface area contributed by atoms with E-state index >= 15 is 0 Å². The molecule has 1 rings (SSSR count). The van der Waals surface area contributed by atoms with Crippen molar-refractivity contribution in [2.24, 2.45) is 0 Å². The highest BCUT2D eigenvalue weighted by Gasteiger charge is 2.08. The van der Waals surface area contributed by atoms with Gasteiger partial charge in [-0.3, -0.25) is 0 Å². The second-order valence-corrected chi connectivity index (χ2v) is 5.99. The lowest BCUT2D eigenvalue weighted by atomic mass is 10.2. The van der Waals surface area contributed by atoms with E-state index in [1.165, 1.54) is 6.08 Å². The highest BCUT2D eigenvalue weighted by atomic mass is 79.9. The third kappa shape index (κ3) is 3.64. The topological polar surface area (TPSA) is 34.1 Å². The molecule has 1 aromatic carbocycles. The van der Waals surface area contributed by atoms with Crippen molar-refractivity contribution in [3.63, 3.8) is 0 Å². The van der Waals surface area contributed by atoms with Crippen molar-refractivity contribution in [1.29, 1.82) is 0 Å². The maximum Gasteiger partial charge on any atom is 0.157 e. The van der Waals surface area contributed by atoms with Gasteiger partial charge in [0.15, 0.2) is 9.84 Å². The first-order valence-electron chi connectivity index (χ1n) is 4.09. The number of hydrogen-bond donors (Lipinski definition) is 0. The van der Waals surface area contributed by atoms with Gasteiger partial charge in [-0.05, 0) is 17.7 Å². The van der Waals surface area contributed by atoms with Gasteiger partial charge >= 0.3 is 0 Å². The van der Waals surface area contributed by atoms with Crippen molar-refractivity contribution in [3.8, 4) is 0 Å². The van der Waals surface area contributed by atoms with E-state index < -0.39 is 9.84 Å². The van der Waals surface area contributed by atoms with Gasteiger partial charge in [-0.2, -0.15) is 0 Å². The van der Waals surface area contributed by atoms with Gasteiger partial charge in [0.25, 0.3) is 0 Å². The molecule has 0 unspecified atom stereocenters. The molecule has 14 heavy (non-hydrogen) atoms. The van der Waals surface area contributed by atoms with Crippen LogP contribution in [0.25, 0.3) is 0 Å². The van der Waals surface area contributed by atoms with Gasteiger partial charge in [0.05, 0.1) is 11.5 Å². The van der Waals surface area contributed by atoms with Crippen molar-refractivity contribution >= 4 is 25.8 Å². The number of rotatable bonds is 4. The molecule has 0 heterocycles. The summed E-state index contributed by atoms with van der Waals surface area (Å²) in [6.07, 6.45) is 1.41. The first-order valence-corrected chi connectivity index (χ1v) is 6.71. The second kappa shape index (κ2) is 4.75. The summed E-state index contributed by atoms with van der Waals surface area (Å²) in [7, 11) is -3.03. The van der Waals surface area contributed by atoms with Crippen molar-refractivity contribution in [3.05, 3.63) is 47.0 Å². The molecule has 0 atom stereocenters. The van der Waals surface area contributed by atoms with Crippen LogP contribution in [0.4, 0.5) is 0 Å². The normalized spacial score (nSPS) is 11.2. The summed E-state index contributed by atoms with van der Waals surface area (Å²) in [5, 5.41) is 0. The Kier molecular flexibility index (Phi) is 3.89. The fourth-order valence-electron chi connectivity index (χ4n) is 1.07. The van der Waals surface area contributed by atoms with Crippen molar-refractivity contribution < 1.29 is 8.42 Å². The van der Waals surface area contributed by atoms with E-state index in [9.17, 15) is 8.42 Å². The Bertz CT molecular complexity index is 406. The van der Waals surface area contributed by atoms with Gasteiger partial charge in [-0.15, -0.1) is 6.58 Å². The summed E-state index contributed by atoms with van der Waals surface area (Å²) in [6.45, 7) is 3.41. The Labute approximate surface area is 92.7 Å². The van der Waals surface area contributed by atoms with Gasteiger partial charge in [-0.1, -0.05) is 34.1 Å². The molecule has 0 aromatic heterocycles. The van der Waals surface area contributed by atoms with Gasteiger partial charge < -0.3 is 0 Å². The van der Waals surface area contributed by atoms with E-state index in [0.717, 1.165) is 10.0 Å². The molecule has 2 nitrogen and oxygen atoms in total. The molecule has 0 saturated heterocycles. The summed E-state index contributed by atoms with van der Waals surface area (Å²) in [4.78, 5) is 0. The third-order valence-electron chi connectivity index (χ3n) is 1.67. The first-order chi connectivity index (χ1) is 6.53. The van der Waals surface area contributed by atoms with E-state index in [2.05, 4.69) is 22.5 Å². The summed E-state index contributed by atoms with van der Waals surface area (Å²) in [5.74, 6) is 0.107. The fraction of sp³-hybridized carbons (Fsp3) is 0.200. The smallest absolute Gasteiger partial charge is 0.157 e. The standard InChI is InChI=1S/C10H11BrO2S/c1-2-7-14(12,13)8-9-3-5-10(11)6-4-9/h2-6H,1,7-8H2. The van der Waals surface area contributed by atoms with E-state index in [1.807, 2.05) is 12.1 Å². The Hall–Kier alpha value is -0.610. The first kappa shape index (κ1) is 11.5. The van der Waals surface area contributed by atoms with Gasteiger partial charge in [0.1, 0.15) is 0 Å². The lowest BCUT2D eigenvalue weighted by molar-refractivity contribution is 0.598. The average Bonchev–Trinajstić information content (AvgIpc) is 2.08. The Morgan fingerprint density at radius 1 is 1.29 bits per heavy atom. The highest BCUT2D eigenvalue weighted by Crippen LogP contribution is 2.13. The molecule has 0 amide bonds. The molecule has 0 fully saturated rings. The lowest BCUT2D eigenvalue weighted by Crippen LogP contribution is -2.07. The minimum absolute atomic E-state index is 0.0308. The van der Waals surface area contributed by atoms with Crippen LogP contribution in [-0.2, 0) is 15.6 Å². The van der Waals surface area contributed by atoms with Crippen molar-refractivity contribution in [1.82, 2.24) is 0 Å². The average molecular weight is 275 g/mol. The quantitative estimate of drug-likeness (QED) is 0.791.